The lowest BCUT2D eigenvalue weighted by atomic mass is 10.3. The van der Waals surface area contributed by atoms with Gasteiger partial charge in [0.1, 0.15) is 6.61 Å². The van der Waals surface area contributed by atoms with Crippen molar-refractivity contribution in [3.8, 4) is 0 Å². The zero-order valence-corrected chi connectivity index (χ0v) is 6.32. The number of carbonyl (C=O) groups is 1. The molecule has 0 atom stereocenters. The lowest BCUT2D eigenvalue weighted by Crippen LogP contribution is -2.46. The lowest BCUT2D eigenvalue weighted by molar-refractivity contribution is -0.313. The number of rotatable bonds is 2. The standard InChI is InChI=1S/C5H4F6O3/c6-4(7,8)3(5(9,10)11)14-2(13)1-12/h3,12H,1H2. The van der Waals surface area contributed by atoms with Crippen LogP contribution in [-0.4, -0.2) is 36.1 Å². The minimum Gasteiger partial charge on any atom is -0.441 e. The zero-order chi connectivity index (χ0) is 11.6. The van der Waals surface area contributed by atoms with Crippen molar-refractivity contribution in [3.05, 3.63) is 0 Å². The van der Waals surface area contributed by atoms with Gasteiger partial charge in [0.2, 0.25) is 0 Å². The van der Waals surface area contributed by atoms with Crippen molar-refractivity contribution < 1.29 is 41.0 Å². The number of halogens is 6. The Hall–Kier alpha value is -0.990. The predicted octanol–water partition coefficient (Wildman–Crippen LogP) is 1.02. The molecule has 0 bridgehead atoms. The molecule has 0 spiro atoms. The van der Waals surface area contributed by atoms with Gasteiger partial charge in [-0.15, -0.1) is 0 Å². The minimum absolute atomic E-state index is 1.55. The number of carbonyl (C=O) groups excluding carboxylic acids is 1. The molecule has 14 heavy (non-hydrogen) atoms. The Bertz CT molecular complexity index is 192. The monoisotopic (exact) mass is 226 g/mol. The van der Waals surface area contributed by atoms with Crippen LogP contribution in [0, 0.1) is 0 Å². The second-order valence-corrected chi connectivity index (χ2v) is 2.11. The first-order valence-corrected chi connectivity index (χ1v) is 3.02. The van der Waals surface area contributed by atoms with E-state index in [1.165, 1.54) is 0 Å². The van der Waals surface area contributed by atoms with E-state index in [4.69, 9.17) is 5.11 Å². The van der Waals surface area contributed by atoms with Crippen LogP contribution in [0.5, 0.6) is 0 Å². The molecular formula is C5H4F6O3. The SMILES string of the molecule is O=C(CO)OC(C(F)(F)F)C(F)(F)F. The van der Waals surface area contributed by atoms with Crippen molar-refractivity contribution in [3.63, 3.8) is 0 Å². The van der Waals surface area contributed by atoms with Crippen LogP contribution in [0.2, 0.25) is 0 Å². The van der Waals surface area contributed by atoms with Crippen LogP contribution in [0.1, 0.15) is 0 Å². The second kappa shape index (κ2) is 4.03. The Kier molecular flexibility index (Phi) is 3.74. The molecule has 0 saturated heterocycles. The molecule has 3 nitrogen and oxygen atoms in total. The molecule has 0 aromatic rings. The van der Waals surface area contributed by atoms with E-state index in [-0.39, 0.29) is 0 Å². The third-order valence-electron chi connectivity index (χ3n) is 0.973. The Morgan fingerprint density at radius 2 is 1.50 bits per heavy atom. The normalized spacial score (nSPS) is 13.1. The molecule has 0 radical (unpaired) electrons. The molecular weight excluding hydrogens is 222 g/mol. The minimum atomic E-state index is -5.75. The maximum Gasteiger partial charge on any atom is 0.434 e. The molecule has 0 heterocycles. The van der Waals surface area contributed by atoms with Gasteiger partial charge in [-0.05, 0) is 0 Å². The summed E-state index contributed by atoms with van der Waals surface area (Å²) in [7, 11) is 0. The average Bonchev–Trinajstić information content (AvgIpc) is 1.95. The Labute approximate surface area is 73.3 Å². The van der Waals surface area contributed by atoms with E-state index in [0.717, 1.165) is 0 Å². The molecule has 0 aliphatic carbocycles. The number of ether oxygens (including phenoxy) is 1. The highest BCUT2D eigenvalue weighted by Gasteiger charge is 2.59. The van der Waals surface area contributed by atoms with E-state index >= 15 is 0 Å². The molecule has 0 saturated carbocycles. The fourth-order valence-corrected chi connectivity index (χ4v) is 0.488. The van der Waals surface area contributed by atoms with Crippen LogP contribution in [0.15, 0.2) is 0 Å². The lowest BCUT2D eigenvalue weighted by Gasteiger charge is -2.22. The average molecular weight is 226 g/mol. The van der Waals surface area contributed by atoms with Crippen LogP contribution in [0.4, 0.5) is 26.3 Å². The first-order valence-electron chi connectivity index (χ1n) is 3.02. The molecule has 1 N–H and O–H groups in total. The van der Waals surface area contributed by atoms with Gasteiger partial charge < -0.3 is 9.84 Å². The Morgan fingerprint density at radius 1 is 1.14 bits per heavy atom. The second-order valence-electron chi connectivity index (χ2n) is 2.11. The van der Waals surface area contributed by atoms with Gasteiger partial charge in [0, 0.05) is 0 Å². The van der Waals surface area contributed by atoms with Crippen molar-refractivity contribution in [1.29, 1.82) is 0 Å². The molecule has 0 aromatic carbocycles. The quantitative estimate of drug-likeness (QED) is 0.564. The summed E-state index contributed by atoms with van der Waals surface area (Å²) in [6.07, 6.45) is -15.7. The maximum absolute atomic E-state index is 11.6. The smallest absolute Gasteiger partial charge is 0.434 e. The zero-order valence-electron chi connectivity index (χ0n) is 6.32. The van der Waals surface area contributed by atoms with Crippen molar-refractivity contribution in [2.75, 3.05) is 6.61 Å². The Balaban J connectivity index is 4.68. The van der Waals surface area contributed by atoms with Crippen LogP contribution in [0.25, 0.3) is 0 Å². The molecule has 0 fully saturated rings. The van der Waals surface area contributed by atoms with E-state index in [9.17, 15) is 31.1 Å². The van der Waals surface area contributed by atoms with E-state index in [2.05, 4.69) is 4.74 Å². The summed E-state index contributed by atoms with van der Waals surface area (Å²) < 4.78 is 72.8. The number of esters is 1. The van der Waals surface area contributed by atoms with Gasteiger partial charge in [-0.2, -0.15) is 26.3 Å². The van der Waals surface area contributed by atoms with Gasteiger partial charge in [-0.25, -0.2) is 4.79 Å². The number of aliphatic hydroxyl groups excluding tert-OH is 1. The molecule has 84 valence electrons. The molecule has 0 amide bonds. The first-order chi connectivity index (χ1) is 6.09. The third kappa shape index (κ3) is 3.81. The van der Waals surface area contributed by atoms with Crippen molar-refractivity contribution >= 4 is 5.97 Å². The molecule has 0 unspecified atom stereocenters. The fraction of sp³-hybridized carbons (Fsp3) is 0.800. The Morgan fingerprint density at radius 3 is 1.71 bits per heavy atom. The van der Waals surface area contributed by atoms with Crippen molar-refractivity contribution in [2.24, 2.45) is 0 Å². The van der Waals surface area contributed by atoms with Crippen LogP contribution >= 0.6 is 0 Å². The van der Waals surface area contributed by atoms with E-state index in [1.807, 2.05) is 0 Å². The van der Waals surface area contributed by atoms with E-state index in [1.54, 1.807) is 0 Å². The molecule has 0 aromatic heterocycles. The summed E-state index contributed by atoms with van der Waals surface area (Å²) in [5, 5.41) is 7.91. The van der Waals surface area contributed by atoms with Gasteiger partial charge >= 0.3 is 18.3 Å². The van der Waals surface area contributed by atoms with Crippen molar-refractivity contribution in [1.82, 2.24) is 0 Å². The molecule has 9 heteroatoms. The third-order valence-corrected chi connectivity index (χ3v) is 0.973. The summed E-state index contributed by atoms with van der Waals surface area (Å²) in [5.41, 5.74) is 0. The van der Waals surface area contributed by atoms with Crippen LogP contribution in [-0.2, 0) is 9.53 Å². The predicted molar refractivity (Wildman–Crippen MR) is 29.1 cm³/mol. The summed E-state index contributed by atoms with van der Waals surface area (Å²) in [5.74, 6) is -2.00. The summed E-state index contributed by atoms with van der Waals surface area (Å²) in [4.78, 5) is 10.0. The van der Waals surface area contributed by atoms with Gasteiger partial charge in [0.05, 0.1) is 0 Å². The molecule has 0 aliphatic heterocycles. The van der Waals surface area contributed by atoms with Gasteiger partial charge in [-0.1, -0.05) is 0 Å². The first kappa shape index (κ1) is 13.0. The number of alkyl halides is 6. The van der Waals surface area contributed by atoms with Crippen molar-refractivity contribution in [2.45, 2.75) is 18.5 Å². The van der Waals surface area contributed by atoms with E-state index in [0.29, 0.717) is 0 Å². The highest BCUT2D eigenvalue weighted by atomic mass is 19.4. The van der Waals surface area contributed by atoms with Gasteiger partial charge in [0.15, 0.2) is 0 Å². The van der Waals surface area contributed by atoms with Gasteiger partial charge in [-0.3, -0.25) is 0 Å². The van der Waals surface area contributed by atoms with Crippen LogP contribution in [0.3, 0.4) is 0 Å². The fourth-order valence-electron chi connectivity index (χ4n) is 0.488. The summed E-state index contributed by atoms with van der Waals surface area (Å²) >= 11 is 0. The van der Waals surface area contributed by atoms with Gasteiger partial charge in [0.25, 0.3) is 6.10 Å². The van der Waals surface area contributed by atoms with E-state index < -0.39 is 31.0 Å². The van der Waals surface area contributed by atoms with Crippen LogP contribution < -0.4 is 0 Å². The number of aliphatic hydroxyl groups is 1. The highest BCUT2D eigenvalue weighted by Crippen LogP contribution is 2.35. The summed E-state index contributed by atoms with van der Waals surface area (Å²) in [6, 6.07) is 0. The summed E-state index contributed by atoms with van der Waals surface area (Å²) in [6.45, 7) is -1.55. The number of hydrogen-bond acceptors (Lipinski definition) is 3. The largest absolute Gasteiger partial charge is 0.441 e. The highest BCUT2D eigenvalue weighted by molar-refractivity contribution is 5.70. The number of hydrogen-bond donors (Lipinski definition) is 1. The maximum atomic E-state index is 11.6. The molecule has 0 rings (SSSR count). The molecule has 0 aliphatic rings. The topological polar surface area (TPSA) is 46.5 Å².